The highest BCUT2D eigenvalue weighted by Crippen LogP contribution is 1.79. The van der Waals surface area contributed by atoms with Gasteiger partial charge in [0.2, 0.25) is 5.91 Å². The first kappa shape index (κ1) is 9.39. The molecule has 3 N–H and O–H groups in total. The van der Waals surface area contributed by atoms with Crippen LogP contribution in [0.15, 0.2) is 0 Å². The average molecular weight is 147 g/mol. The lowest BCUT2D eigenvalue weighted by atomic mass is 10.3. The van der Waals surface area contributed by atoms with Crippen molar-refractivity contribution < 1.29 is 15.0 Å². The number of carbonyl (C=O) groups excluding carboxylic acids is 1. The topological polar surface area (TPSA) is 69.6 Å². The number of aliphatic hydroxyl groups is 2. The van der Waals surface area contributed by atoms with Crippen LogP contribution in [0, 0.1) is 0 Å². The highest BCUT2D eigenvalue weighted by Gasteiger charge is 2.05. The second kappa shape index (κ2) is 5.20. The van der Waals surface area contributed by atoms with E-state index in [0.29, 0.717) is 13.0 Å². The fourth-order valence-electron chi connectivity index (χ4n) is 0.438. The van der Waals surface area contributed by atoms with Gasteiger partial charge in [-0.25, -0.2) is 0 Å². The Morgan fingerprint density at radius 2 is 2.30 bits per heavy atom. The summed E-state index contributed by atoms with van der Waals surface area (Å²) < 4.78 is 0. The third-order valence-electron chi connectivity index (χ3n) is 1.01. The van der Waals surface area contributed by atoms with Crippen LogP contribution in [0.1, 0.15) is 13.3 Å². The SMILES string of the molecule is C[C@H](O)C(=O)NCCCO. The largest absolute Gasteiger partial charge is 0.396 e. The van der Waals surface area contributed by atoms with Crippen LogP contribution in [-0.2, 0) is 4.79 Å². The van der Waals surface area contributed by atoms with Crippen LogP contribution in [0.2, 0.25) is 0 Å². The molecule has 1 atom stereocenters. The molecule has 0 fully saturated rings. The fraction of sp³-hybridized carbons (Fsp3) is 0.833. The van der Waals surface area contributed by atoms with Crippen molar-refractivity contribution in [3.8, 4) is 0 Å². The fourth-order valence-corrected chi connectivity index (χ4v) is 0.438. The van der Waals surface area contributed by atoms with Crippen LogP contribution in [0.3, 0.4) is 0 Å². The Hall–Kier alpha value is -0.610. The van der Waals surface area contributed by atoms with Crippen molar-refractivity contribution in [3.05, 3.63) is 0 Å². The second-order valence-electron chi connectivity index (χ2n) is 2.04. The van der Waals surface area contributed by atoms with Crippen LogP contribution in [0.25, 0.3) is 0 Å². The van der Waals surface area contributed by atoms with E-state index in [2.05, 4.69) is 5.32 Å². The van der Waals surface area contributed by atoms with Gasteiger partial charge in [-0.15, -0.1) is 0 Å². The van der Waals surface area contributed by atoms with E-state index >= 15 is 0 Å². The summed E-state index contributed by atoms with van der Waals surface area (Å²) in [4.78, 5) is 10.6. The van der Waals surface area contributed by atoms with Crippen LogP contribution in [-0.4, -0.2) is 35.4 Å². The summed E-state index contributed by atoms with van der Waals surface area (Å²) in [6.45, 7) is 1.87. The molecule has 4 heteroatoms. The standard InChI is InChI=1S/C6H13NO3/c1-5(9)6(10)7-3-2-4-8/h5,8-9H,2-4H2,1H3,(H,7,10)/t5-/m0/s1. The number of amides is 1. The van der Waals surface area contributed by atoms with Gasteiger partial charge in [-0.3, -0.25) is 4.79 Å². The van der Waals surface area contributed by atoms with E-state index in [1.807, 2.05) is 0 Å². The first-order chi connectivity index (χ1) is 4.68. The molecule has 0 aliphatic rings. The Bertz CT molecular complexity index is 103. The predicted octanol–water partition coefficient (Wildman–Crippen LogP) is -1.13. The Morgan fingerprint density at radius 3 is 2.70 bits per heavy atom. The van der Waals surface area contributed by atoms with Crippen molar-refractivity contribution in [1.82, 2.24) is 5.32 Å². The van der Waals surface area contributed by atoms with Gasteiger partial charge in [-0.2, -0.15) is 0 Å². The zero-order valence-electron chi connectivity index (χ0n) is 6.00. The quantitative estimate of drug-likeness (QED) is 0.440. The molecule has 0 aliphatic heterocycles. The molecule has 0 saturated carbocycles. The highest BCUT2D eigenvalue weighted by atomic mass is 16.3. The van der Waals surface area contributed by atoms with Gasteiger partial charge in [0.1, 0.15) is 6.10 Å². The predicted molar refractivity (Wildman–Crippen MR) is 36.4 cm³/mol. The summed E-state index contributed by atoms with van der Waals surface area (Å²) in [6.07, 6.45) is -0.433. The van der Waals surface area contributed by atoms with Crippen molar-refractivity contribution in [1.29, 1.82) is 0 Å². The zero-order chi connectivity index (χ0) is 7.98. The van der Waals surface area contributed by atoms with Crippen molar-refractivity contribution in [2.45, 2.75) is 19.4 Å². The van der Waals surface area contributed by atoms with Crippen molar-refractivity contribution in [2.75, 3.05) is 13.2 Å². The van der Waals surface area contributed by atoms with Gasteiger partial charge in [0.05, 0.1) is 0 Å². The minimum atomic E-state index is -0.960. The molecule has 10 heavy (non-hydrogen) atoms. The van der Waals surface area contributed by atoms with Gasteiger partial charge in [0.15, 0.2) is 0 Å². The number of carbonyl (C=O) groups is 1. The van der Waals surface area contributed by atoms with Gasteiger partial charge in [0, 0.05) is 13.2 Å². The van der Waals surface area contributed by atoms with Gasteiger partial charge in [0.25, 0.3) is 0 Å². The van der Waals surface area contributed by atoms with Gasteiger partial charge >= 0.3 is 0 Å². The van der Waals surface area contributed by atoms with Gasteiger partial charge in [-0.05, 0) is 13.3 Å². The van der Waals surface area contributed by atoms with E-state index in [0.717, 1.165) is 0 Å². The average Bonchev–Trinajstić information content (AvgIpc) is 1.88. The maximum Gasteiger partial charge on any atom is 0.248 e. The first-order valence-corrected chi connectivity index (χ1v) is 3.25. The molecule has 0 aromatic carbocycles. The lowest BCUT2D eigenvalue weighted by Crippen LogP contribution is -2.33. The van der Waals surface area contributed by atoms with Crippen molar-refractivity contribution >= 4 is 5.91 Å². The molecule has 1 amide bonds. The van der Waals surface area contributed by atoms with E-state index in [1.54, 1.807) is 0 Å². The molecule has 60 valence electrons. The molecule has 0 radical (unpaired) electrons. The third kappa shape index (κ3) is 4.29. The van der Waals surface area contributed by atoms with Crippen LogP contribution in [0.5, 0.6) is 0 Å². The summed E-state index contributed by atoms with van der Waals surface area (Å²) >= 11 is 0. The lowest BCUT2D eigenvalue weighted by molar-refractivity contribution is -0.128. The van der Waals surface area contributed by atoms with E-state index in [1.165, 1.54) is 6.92 Å². The maximum atomic E-state index is 10.6. The second-order valence-corrected chi connectivity index (χ2v) is 2.04. The molecule has 0 aromatic heterocycles. The van der Waals surface area contributed by atoms with E-state index in [9.17, 15) is 4.79 Å². The minimum Gasteiger partial charge on any atom is -0.396 e. The van der Waals surface area contributed by atoms with E-state index in [4.69, 9.17) is 10.2 Å². The highest BCUT2D eigenvalue weighted by molar-refractivity contribution is 5.79. The normalized spacial score (nSPS) is 12.7. The zero-order valence-corrected chi connectivity index (χ0v) is 6.00. The summed E-state index contributed by atoms with van der Waals surface area (Å²) in [5, 5.41) is 19.4. The Morgan fingerprint density at radius 1 is 1.70 bits per heavy atom. The molecule has 0 aromatic rings. The first-order valence-electron chi connectivity index (χ1n) is 3.25. The molecular weight excluding hydrogens is 134 g/mol. The Labute approximate surface area is 59.9 Å². The number of nitrogens with one attached hydrogen (secondary N) is 1. The van der Waals surface area contributed by atoms with Gasteiger partial charge < -0.3 is 15.5 Å². The molecule has 4 nitrogen and oxygen atoms in total. The van der Waals surface area contributed by atoms with Crippen molar-refractivity contribution in [2.24, 2.45) is 0 Å². The third-order valence-corrected chi connectivity index (χ3v) is 1.01. The minimum absolute atomic E-state index is 0.0556. The molecule has 0 spiro atoms. The van der Waals surface area contributed by atoms with Gasteiger partial charge in [-0.1, -0.05) is 0 Å². The molecule has 0 heterocycles. The van der Waals surface area contributed by atoms with Crippen LogP contribution >= 0.6 is 0 Å². The summed E-state index contributed by atoms with van der Waals surface area (Å²) in [7, 11) is 0. The number of hydrogen-bond donors (Lipinski definition) is 3. The maximum absolute atomic E-state index is 10.6. The monoisotopic (exact) mass is 147 g/mol. The molecule has 0 rings (SSSR count). The molecule has 0 unspecified atom stereocenters. The van der Waals surface area contributed by atoms with Crippen LogP contribution < -0.4 is 5.32 Å². The molecule has 0 aliphatic carbocycles. The number of rotatable bonds is 4. The van der Waals surface area contributed by atoms with Crippen LogP contribution in [0.4, 0.5) is 0 Å². The molecule has 0 saturated heterocycles. The Balaban J connectivity index is 3.22. The molecule has 0 bridgehead atoms. The van der Waals surface area contributed by atoms with E-state index in [-0.39, 0.29) is 6.61 Å². The van der Waals surface area contributed by atoms with Crippen molar-refractivity contribution in [3.63, 3.8) is 0 Å². The number of hydrogen-bond acceptors (Lipinski definition) is 3. The summed E-state index contributed by atoms with van der Waals surface area (Å²) in [5.74, 6) is -0.395. The summed E-state index contributed by atoms with van der Waals surface area (Å²) in [5.41, 5.74) is 0. The lowest BCUT2D eigenvalue weighted by Gasteiger charge is -2.04. The smallest absolute Gasteiger partial charge is 0.248 e. The molecular formula is C6H13NO3. The Kier molecular flexibility index (Phi) is 4.88. The number of aliphatic hydroxyl groups excluding tert-OH is 2. The van der Waals surface area contributed by atoms with E-state index < -0.39 is 12.0 Å². The summed E-state index contributed by atoms with van der Waals surface area (Å²) in [6, 6.07) is 0.